The van der Waals surface area contributed by atoms with E-state index in [1.165, 1.54) is 39.5 Å². The topological polar surface area (TPSA) is 377 Å². The van der Waals surface area contributed by atoms with E-state index in [-0.39, 0.29) is 0 Å². The number of esters is 2. The lowest BCUT2D eigenvalue weighted by atomic mass is 9.73. The maximum absolute atomic E-state index is 9.81. The third kappa shape index (κ3) is 35.4. The number of hydrogen-bond acceptors (Lipinski definition) is 19. The number of allylic oxidation sites excluding steroid dienone is 4. The third-order valence-corrected chi connectivity index (χ3v) is 10.7. The van der Waals surface area contributed by atoms with Gasteiger partial charge in [-0.15, -0.1) is 12.6 Å². The Morgan fingerprint density at radius 2 is 0.825 bits per heavy atom. The fourth-order valence-electron chi connectivity index (χ4n) is 8.58. The van der Waals surface area contributed by atoms with E-state index >= 15 is 0 Å². The van der Waals surface area contributed by atoms with Crippen molar-refractivity contribution in [3.63, 3.8) is 0 Å². The minimum atomic E-state index is -4.67. The van der Waals surface area contributed by atoms with Crippen molar-refractivity contribution in [3.05, 3.63) is 23.3 Å². The Balaban J connectivity index is -0.000000328. The molecule has 8 atom stereocenters. The first-order valence-electron chi connectivity index (χ1n) is 18.9. The average Bonchev–Trinajstić information content (AvgIpc) is 3.81. The van der Waals surface area contributed by atoms with Crippen LogP contribution in [0.25, 0.3) is 0 Å². The summed E-state index contributed by atoms with van der Waals surface area (Å²) in [5.41, 5.74) is 3.52. The molecule has 0 aromatic rings. The smallest absolute Gasteiger partial charge is 0.394 e. The van der Waals surface area contributed by atoms with Crippen molar-refractivity contribution >= 4 is 71.7 Å². The molecule has 4 aliphatic rings. The summed E-state index contributed by atoms with van der Waals surface area (Å²) in [6.07, 6.45) is 10.5. The molecule has 63 heavy (non-hydrogen) atoms. The van der Waals surface area contributed by atoms with Gasteiger partial charge in [-0.05, 0) is 98.7 Å². The van der Waals surface area contributed by atoms with Crippen molar-refractivity contribution in [2.45, 2.75) is 116 Å². The van der Waals surface area contributed by atoms with E-state index in [0.29, 0.717) is 0 Å². The molecule has 8 unspecified atom stereocenters. The molecule has 4 rings (SSSR count). The van der Waals surface area contributed by atoms with Gasteiger partial charge in [0.2, 0.25) is 0 Å². The van der Waals surface area contributed by atoms with Crippen molar-refractivity contribution in [1.29, 1.82) is 0 Å². The van der Waals surface area contributed by atoms with Crippen molar-refractivity contribution in [2.24, 2.45) is 59.2 Å². The summed E-state index contributed by atoms with van der Waals surface area (Å²) >= 11 is 0. The highest BCUT2D eigenvalue weighted by Crippen LogP contribution is 2.58. The number of fused-ring (bicyclic) bond motifs is 4. The second-order valence-corrected chi connectivity index (χ2v) is 18.4. The molecule has 0 saturated heterocycles. The summed E-state index contributed by atoms with van der Waals surface area (Å²) < 4.78 is 121. The summed E-state index contributed by atoms with van der Waals surface area (Å²) in [7, 11) is -16.9. The maximum Gasteiger partial charge on any atom is 0.448 e. The van der Waals surface area contributed by atoms with Gasteiger partial charge in [0.15, 0.2) is 0 Å². The molecule has 370 valence electrons. The highest BCUT2D eigenvalue weighted by atomic mass is 32.3. The first kappa shape index (κ1) is 65.9. The Bertz CT molecular complexity index is 1860. The molecule has 0 amide bonds. The predicted molar refractivity (Wildman–Crippen MR) is 222 cm³/mol. The van der Waals surface area contributed by atoms with Crippen LogP contribution < -0.4 is 0 Å². The van der Waals surface area contributed by atoms with Gasteiger partial charge in [0.25, 0.3) is 0 Å². The Morgan fingerprint density at radius 3 is 0.921 bits per heavy atom. The zero-order valence-corrected chi connectivity index (χ0v) is 40.7. The summed E-state index contributed by atoms with van der Waals surface area (Å²) in [6.45, 7) is 24.2. The average molecular weight is 993 g/mol. The SMILES string of the molecule is C/C=C1\CC2CC1C(C)C2C(C)C.C/C=C1\CC2CC1C(C)C2C(C)C.CC(=O)OC(C)=O.CC(=O)OO.CC(=O)OS(=O)(=O)O.CC(=O)OS(=O)(=O)O.O=S(=O)(O)O.O=S(=O)=O. The molecule has 0 spiro atoms. The predicted octanol–water partition coefficient (Wildman–Crippen LogP) is 4.93. The summed E-state index contributed by atoms with van der Waals surface area (Å²) in [6, 6.07) is 0. The molecule has 0 aromatic carbocycles. The second kappa shape index (κ2) is 31.2. The number of carbonyl (C=O) groups excluding carboxylic acids is 5. The lowest BCUT2D eigenvalue weighted by Crippen LogP contribution is -2.25. The van der Waals surface area contributed by atoms with E-state index in [9.17, 15) is 40.8 Å². The fourth-order valence-corrected chi connectivity index (χ4v) is 9.18. The van der Waals surface area contributed by atoms with Crippen LogP contribution in [0.4, 0.5) is 0 Å². The van der Waals surface area contributed by atoms with Crippen LogP contribution in [0.1, 0.15) is 116 Å². The number of hydrogen-bond donors (Lipinski definition) is 5. The molecule has 27 heteroatoms. The first-order chi connectivity index (χ1) is 28.3. The van der Waals surface area contributed by atoms with Gasteiger partial charge in [-0.2, -0.15) is 30.5 Å². The minimum Gasteiger partial charge on any atom is -0.394 e. The van der Waals surface area contributed by atoms with Gasteiger partial charge in [0.1, 0.15) is 0 Å². The van der Waals surface area contributed by atoms with E-state index in [1.807, 2.05) is 0 Å². The second-order valence-electron chi connectivity index (χ2n) is 15.0. The Morgan fingerprint density at radius 1 is 0.587 bits per heavy atom. The zero-order valence-electron chi connectivity index (χ0n) is 37.5. The highest BCUT2D eigenvalue weighted by Gasteiger charge is 2.49. The van der Waals surface area contributed by atoms with Crippen LogP contribution in [0.5, 0.6) is 0 Å². The molecule has 4 fully saturated rings. The molecule has 0 aromatic heterocycles. The van der Waals surface area contributed by atoms with Crippen LogP contribution in [0, 0.1) is 59.2 Å². The quantitative estimate of drug-likeness (QED) is 0.0622. The van der Waals surface area contributed by atoms with Crippen LogP contribution in [0.15, 0.2) is 23.3 Å². The van der Waals surface area contributed by atoms with Crippen molar-refractivity contribution in [1.82, 2.24) is 0 Å². The summed E-state index contributed by atoms with van der Waals surface area (Å²) in [5, 5.41) is 7.29. The molecule has 4 aliphatic carbocycles. The zero-order chi connectivity index (χ0) is 51.0. The first-order valence-corrected chi connectivity index (χ1v) is 24.0. The lowest BCUT2D eigenvalue weighted by Gasteiger charge is -2.32. The number of rotatable bonds is 4. The Kier molecular flexibility index (Phi) is 32.7. The minimum absolute atomic E-state index is 0.562. The normalized spacial score (nSPS) is 24.7. The van der Waals surface area contributed by atoms with E-state index in [1.54, 1.807) is 11.1 Å². The molecular weight excluding hydrogens is 929 g/mol. The Labute approximate surface area is 371 Å². The summed E-state index contributed by atoms with van der Waals surface area (Å²) in [5.74, 6) is 5.69. The highest BCUT2D eigenvalue weighted by molar-refractivity contribution is 7.81. The van der Waals surface area contributed by atoms with Crippen LogP contribution in [0.3, 0.4) is 0 Å². The Hall–Kier alpha value is -3.70. The van der Waals surface area contributed by atoms with Gasteiger partial charge < -0.3 is 18.0 Å². The van der Waals surface area contributed by atoms with Crippen LogP contribution in [-0.4, -0.2) is 91.2 Å². The van der Waals surface area contributed by atoms with Crippen LogP contribution in [0.2, 0.25) is 0 Å². The van der Waals surface area contributed by atoms with Crippen molar-refractivity contribution in [3.8, 4) is 0 Å². The number of ether oxygens (including phenoxy) is 1. The van der Waals surface area contributed by atoms with Gasteiger partial charge in [-0.1, -0.05) is 64.8 Å². The molecule has 5 N–H and O–H groups in total. The fraction of sp³-hybridized carbons (Fsp3) is 0.750. The van der Waals surface area contributed by atoms with Gasteiger partial charge in [-0.3, -0.25) is 37.4 Å². The van der Waals surface area contributed by atoms with Gasteiger partial charge in [0.05, 0.1) is 0 Å². The summed E-state index contributed by atoms with van der Waals surface area (Å²) in [4.78, 5) is 51.5. The lowest BCUT2D eigenvalue weighted by molar-refractivity contribution is -0.231. The molecular formula is C36H64O23S4. The largest absolute Gasteiger partial charge is 0.448 e. The van der Waals surface area contributed by atoms with Crippen LogP contribution >= 0.6 is 0 Å². The monoisotopic (exact) mass is 992 g/mol. The van der Waals surface area contributed by atoms with Gasteiger partial charge in [-0.25, -0.2) is 4.79 Å². The van der Waals surface area contributed by atoms with E-state index < -0.39 is 71.7 Å². The molecule has 23 nitrogen and oxygen atoms in total. The number of carbonyl (C=O) groups is 5. The van der Waals surface area contributed by atoms with Gasteiger partial charge >= 0.3 is 71.7 Å². The van der Waals surface area contributed by atoms with Crippen molar-refractivity contribution in [2.75, 3.05) is 0 Å². The molecule has 0 heterocycles. The van der Waals surface area contributed by atoms with Crippen molar-refractivity contribution < 1.29 is 103 Å². The third-order valence-electron chi connectivity index (χ3n) is 9.78. The van der Waals surface area contributed by atoms with E-state index in [0.717, 1.165) is 80.0 Å². The molecule has 0 radical (unpaired) electrons. The van der Waals surface area contributed by atoms with Gasteiger partial charge in [0, 0.05) is 34.6 Å². The molecule has 0 aliphatic heterocycles. The van der Waals surface area contributed by atoms with E-state index in [2.05, 4.69) is 85.5 Å². The molecule has 4 saturated carbocycles. The van der Waals surface area contributed by atoms with E-state index in [4.69, 9.17) is 44.5 Å². The van der Waals surface area contributed by atoms with Crippen LogP contribution in [-0.2, 0) is 83.8 Å². The molecule has 4 bridgehead atoms. The maximum atomic E-state index is 9.81. The standard InChI is InChI=1S/2C13H22.C4H6O3.2C2H4O5S.C2H4O3.H2O4S.O3S/c2*1-5-10-6-11-7-12(10)9(4)13(11)8(2)3;1-3(5)7-4(2)6;2*1-2(3)7-8(4,5)6;1-2(3)5-4;1-5(2,3)4;1-4(2)3/h2*5,8-9,11-13H,6-7H2,1-4H3;1-2H3;2*1H3,(H,4,5,6);4H,1H3;(H2,1,2,3,4);/b2*10-5+;;;;;;.